The Balaban J connectivity index is 2.33. The monoisotopic (exact) mass is 268 g/mol. The Morgan fingerprint density at radius 1 is 1.00 bits per heavy atom. The van der Waals surface area contributed by atoms with Gasteiger partial charge in [0.2, 0.25) is 0 Å². The number of fused-ring (bicyclic) bond motifs is 1. The standard InChI is InChI=1S/C16H12O2S/c1-18-14-9-5-8-12-13(17)10-15(19-16(12)14)11-6-3-2-4-7-11/h2-10H,1H3. The Morgan fingerprint density at radius 2 is 1.79 bits per heavy atom. The van der Waals surface area contributed by atoms with Crippen LogP contribution in [0.5, 0.6) is 5.75 Å². The van der Waals surface area contributed by atoms with Crippen molar-refractivity contribution in [3.63, 3.8) is 0 Å². The molecule has 1 heterocycles. The van der Waals surface area contributed by atoms with Crippen LogP contribution in [-0.2, 0) is 0 Å². The lowest BCUT2D eigenvalue weighted by Crippen LogP contribution is -1.99. The zero-order valence-corrected chi connectivity index (χ0v) is 11.2. The van der Waals surface area contributed by atoms with Gasteiger partial charge in [0.1, 0.15) is 5.75 Å². The number of rotatable bonds is 2. The van der Waals surface area contributed by atoms with Gasteiger partial charge in [0.25, 0.3) is 0 Å². The van der Waals surface area contributed by atoms with Crippen molar-refractivity contribution in [1.82, 2.24) is 0 Å². The van der Waals surface area contributed by atoms with Crippen molar-refractivity contribution < 1.29 is 4.74 Å². The minimum atomic E-state index is 0.0338. The molecule has 0 saturated heterocycles. The van der Waals surface area contributed by atoms with Crippen LogP contribution in [0.25, 0.3) is 20.5 Å². The van der Waals surface area contributed by atoms with Crippen molar-refractivity contribution in [2.75, 3.05) is 7.11 Å². The molecule has 3 aromatic rings. The zero-order valence-electron chi connectivity index (χ0n) is 10.4. The Kier molecular flexibility index (Phi) is 3.05. The number of benzene rings is 2. The molecule has 3 heteroatoms. The van der Waals surface area contributed by atoms with Crippen LogP contribution >= 0.6 is 11.3 Å². The summed E-state index contributed by atoms with van der Waals surface area (Å²) in [7, 11) is 1.63. The molecule has 0 bridgehead atoms. The predicted molar refractivity (Wildman–Crippen MR) is 80.1 cm³/mol. The fourth-order valence-corrected chi connectivity index (χ4v) is 3.23. The van der Waals surface area contributed by atoms with Crippen molar-refractivity contribution in [2.45, 2.75) is 0 Å². The van der Waals surface area contributed by atoms with E-state index >= 15 is 0 Å². The minimum absolute atomic E-state index is 0.0338. The number of methoxy groups -OCH3 is 1. The Labute approximate surface area is 114 Å². The first-order valence-corrected chi connectivity index (χ1v) is 6.77. The SMILES string of the molecule is COc1cccc2c(=O)cc(-c3ccccc3)sc12. The van der Waals surface area contributed by atoms with Crippen LogP contribution in [0.3, 0.4) is 0 Å². The molecule has 2 aromatic carbocycles. The van der Waals surface area contributed by atoms with E-state index in [1.165, 1.54) is 0 Å². The molecule has 0 spiro atoms. The number of hydrogen-bond acceptors (Lipinski definition) is 3. The molecule has 2 nitrogen and oxygen atoms in total. The van der Waals surface area contributed by atoms with E-state index in [9.17, 15) is 4.79 Å². The zero-order chi connectivity index (χ0) is 13.2. The maximum Gasteiger partial charge on any atom is 0.188 e. The molecule has 0 saturated carbocycles. The normalized spacial score (nSPS) is 10.6. The van der Waals surface area contributed by atoms with E-state index in [0.717, 1.165) is 20.9 Å². The second kappa shape index (κ2) is 4.86. The average Bonchev–Trinajstić information content (AvgIpc) is 2.47. The van der Waals surface area contributed by atoms with Crippen LogP contribution < -0.4 is 10.2 Å². The largest absolute Gasteiger partial charge is 0.495 e. The topological polar surface area (TPSA) is 26.3 Å². The first-order valence-electron chi connectivity index (χ1n) is 5.96. The van der Waals surface area contributed by atoms with E-state index < -0.39 is 0 Å². The van der Waals surface area contributed by atoms with Crippen molar-refractivity contribution in [3.8, 4) is 16.2 Å². The summed E-state index contributed by atoms with van der Waals surface area (Å²) in [5.41, 5.74) is 1.09. The Morgan fingerprint density at radius 3 is 2.53 bits per heavy atom. The highest BCUT2D eigenvalue weighted by Gasteiger charge is 2.08. The van der Waals surface area contributed by atoms with E-state index in [0.29, 0.717) is 5.39 Å². The number of hydrogen-bond donors (Lipinski definition) is 0. The third-order valence-electron chi connectivity index (χ3n) is 3.00. The van der Waals surface area contributed by atoms with Gasteiger partial charge in [-0.25, -0.2) is 0 Å². The third kappa shape index (κ3) is 2.13. The fraction of sp³-hybridized carbons (Fsp3) is 0.0625. The quantitative estimate of drug-likeness (QED) is 0.703. The van der Waals surface area contributed by atoms with Crippen molar-refractivity contribution in [3.05, 3.63) is 64.8 Å². The Hall–Kier alpha value is -2.13. The van der Waals surface area contributed by atoms with Gasteiger partial charge in [-0.15, -0.1) is 11.3 Å². The average molecular weight is 268 g/mol. The van der Waals surface area contributed by atoms with Gasteiger partial charge >= 0.3 is 0 Å². The van der Waals surface area contributed by atoms with Crippen molar-refractivity contribution >= 4 is 21.4 Å². The molecular formula is C16H12O2S. The van der Waals surface area contributed by atoms with Crippen LogP contribution in [-0.4, -0.2) is 7.11 Å². The first kappa shape index (κ1) is 11.9. The van der Waals surface area contributed by atoms with Crippen LogP contribution in [0.15, 0.2) is 59.4 Å². The van der Waals surface area contributed by atoms with Crippen LogP contribution in [0, 0.1) is 0 Å². The highest BCUT2D eigenvalue weighted by atomic mass is 32.1. The van der Waals surface area contributed by atoms with E-state index in [-0.39, 0.29) is 5.43 Å². The van der Waals surface area contributed by atoms with Gasteiger partial charge in [0, 0.05) is 16.3 Å². The second-order valence-corrected chi connectivity index (χ2v) is 5.23. The predicted octanol–water partition coefficient (Wildman–Crippen LogP) is 3.94. The summed E-state index contributed by atoms with van der Waals surface area (Å²) in [6.45, 7) is 0. The first-order chi connectivity index (χ1) is 9.29. The van der Waals surface area contributed by atoms with Crippen molar-refractivity contribution in [2.24, 2.45) is 0 Å². The maximum atomic E-state index is 12.2. The fourth-order valence-electron chi connectivity index (χ4n) is 2.06. The molecular weight excluding hydrogens is 256 g/mol. The minimum Gasteiger partial charge on any atom is -0.495 e. The summed E-state index contributed by atoms with van der Waals surface area (Å²) in [5.74, 6) is 0.748. The highest BCUT2D eigenvalue weighted by Crippen LogP contribution is 2.33. The Bertz CT molecular complexity index is 776. The van der Waals surface area contributed by atoms with Gasteiger partial charge in [-0.05, 0) is 17.7 Å². The highest BCUT2D eigenvalue weighted by molar-refractivity contribution is 7.21. The maximum absolute atomic E-state index is 12.2. The number of ether oxygens (including phenoxy) is 1. The molecule has 1 aromatic heterocycles. The van der Waals surface area contributed by atoms with Gasteiger partial charge < -0.3 is 4.74 Å². The summed E-state index contributed by atoms with van der Waals surface area (Å²) in [5, 5.41) is 0.712. The van der Waals surface area contributed by atoms with Gasteiger partial charge in [0.15, 0.2) is 5.43 Å². The molecule has 0 aliphatic heterocycles. The molecule has 0 N–H and O–H groups in total. The molecule has 3 rings (SSSR count). The van der Waals surface area contributed by atoms with Gasteiger partial charge in [-0.1, -0.05) is 36.4 Å². The van der Waals surface area contributed by atoms with Gasteiger partial charge in [-0.2, -0.15) is 0 Å². The molecule has 0 fully saturated rings. The molecule has 0 unspecified atom stereocenters. The lowest BCUT2D eigenvalue weighted by atomic mass is 10.1. The van der Waals surface area contributed by atoms with E-state index in [1.807, 2.05) is 48.5 Å². The summed E-state index contributed by atoms with van der Waals surface area (Å²) in [6.07, 6.45) is 0. The summed E-state index contributed by atoms with van der Waals surface area (Å²) >= 11 is 1.58. The molecule has 0 aliphatic carbocycles. The molecule has 0 radical (unpaired) electrons. The summed E-state index contributed by atoms with van der Waals surface area (Å²) in [4.78, 5) is 13.2. The van der Waals surface area contributed by atoms with Crippen molar-refractivity contribution in [1.29, 1.82) is 0 Å². The third-order valence-corrected chi connectivity index (χ3v) is 4.20. The summed E-state index contributed by atoms with van der Waals surface area (Å²) in [6, 6.07) is 17.2. The summed E-state index contributed by atoms with van der Waals surface area (Å²) < 4.78 is 6.24. The van der Waals surface area contributed by atoms with Gasteiger partial charge in [0.05, 0.1) is 11.8 Å². The molecule has 0 aliphatic rings. The van der Waals surface area contributed by atoms with E-state index in [1.54, 1.807) is 24.5 Å². The van der Waals surface area contributed by atoms with Gasteiger partial charge in [-0.3, -0.25) is 4.79 Å². The second-order valence-electron chi connectivity index (χ2n) is 4.18. The van der Waals surface area contributed by atoms with Crippen LogP contribution in [0.2, 0.25) is 0 Å². The van der Waals surface area contributed by atoms with E-state index in [2.05, 4.69) is 0 Å². The molecule has 0 atom stereocenters. The van der Waals surface area contributed by atoms with Crippen LogP contribution in [0.4, 0.5) is 0 Å². The molecule has 19 heavy (non-hydrogen) atoms. The molecule has 94 valence electrons. The molecule has 0 amide bonds. The smallest absolute Gasteiger partial charge is 0.188 e. The lowest BCUT2D eigenvalue weighted by Gasteiger charge is -2.06. The van der Waals surface area contributed by atoms with E-state index in [4.69, 9.17) is 4.74 Å². The van der Waals surface area contributed by atoms with Crippen LogP contribution in [0.1, 0.15) is 0 Å². The lowest BCUT2D eigenvalue weighted by molar-refractivity contribution is 0.420.